The number of halogens is 1. The van der Waals surface area contributed by atoms with Crippen LogP contribution >= 0.6 is 15.9 Å². The molecule has 0 saturated heterocycles. The van der Waals surface area contributed by atoms with Gasteiger partial charge in [-0.25, -0.2) is 0 Å². The molecule has 2 aromatic rings. The van der Waals surface area contributed by atoms with E-state index in [0.717, 1.165) is 10.0 Å². The zero-order chi connectivity index (χ0) is 11.5. The van der Waals surface area contributed by atoms with Crippen LogP contribution in [0.5, 0.6) is 0 Å². The molecule has 0 spiro atoms. The Morgan fingerprint density at radius 3 is 2.69 bits per heavy atom. The largest absolute Gasteiger partial charge is 0.394 e. The third-order valence-electron chi connectivity index (χ3n) is 2.06. The molecule has 5 nitrogen and oxygen atoms in total. The zero-order valence-electron chi connectivity index (χ0n) is 8.30. The van der Waals surface area contributed by atoms with Crippen molar-refractivity contribution in [2.24, 2.45) is 5.73 Å². The highest BCUT2D eigenvalue weighted by atomic mass is 79.9. The predicted octanol–water partition coefficient (Wildman–Crippen LogP) is 1.49. The maximum atomic E-state index is 8.85. The molecular formula is C10H10BrN3O2. The fourth-order valence-corrected chi connectivity index (χ4v) is 1.44. The SMILES string of the molecule is NC(CO)c1noc(-c2ccc(Br)cc2)n1. The molecule has 3 N–H and O–H groups in total. The average molecular weight is 284 g/mol. The lowest BCUT2D eigenvalue weighted by atomic mass is 10.2. The van der Waals surface area contributed by atoms with Crippen molar-refractivity contribution < 1.29 is 9.63 Å². The Bertz CT molecular complexity index is 469. The quantitative estimate of drug-likeness (QED) is 0.892. The Morgan fingerprint density at radius 1 is 1.38 bits per heavy atom. The summed E-state index contributed by atoms with van der Waals surface area (Å²) in [6.07, 6.45) is 0. The number of aliphatic hydroxyl groups is 1. The van der Waals surface area contributed by atoms with E-state index in [-0.39, 0.29) is 6.61 Å². The maximum Gasteiger partial charge on any atom is 0.257 e. The molecule has 1 atom stereocenters. The lowest BCUT2D eigenvalue weighted by Gasteiger charge is -1.98. The second-order valence-electron chi connectivity index (χ2n) is 3.25. The Kier molecular flexibility index (Phi) is 3.33. The van der Waals surface area contributed by atoms with Crippen molar-refractivity contribution in [3.8, 4) is 11.5 Å². The summed E-state index contributed by atoms with van der Waals surface area (Å²) in [5, 5.41) is 12.6. The van der Waals surface area contributed by atoms with Crippen LogP contribution < -0.4 is 5.73 Å². The van der Waals surface area contributed by atoms with Crippen LogP contribution in [0.2, 0.25) is 0 Å². The molecule has 0 amide bonds. The molecule has 1 aromatic heterocycles. The van der Waals surface area contributed by atoms with Gasteiger partial charge < -0.3 is 15.4 Å². The lowest BCUT2D eigenvalue weighted by Crippen LogP contribution is -2.15. The van der Waals surface area contributed by atoms with Crippen LogP contribution in [-0.4, -0.2) is 21.9 Å². The van der Waals surface area contributed by atoms with Crippen molar-refractivity contribution in [2.75, 3.05) is 6.61 Å². The zero-order valence-corrected chi connectivity index (χ0v) is 9.89. The van der Waals surface area contributed by atoms with E-state index in [1.54, 1.807) is 0 Å². The molecule has 0 aliphatic rings. The molecule has 0 bridgehead atoms. The van der Waals surface area contributed by atoms with Gasteiger partial charge in [0.25, 0.3) is 5.89 Å². The van der Waals surface area contributed by atoms with Crippen molar-refractivity contribution in [1.82, 2.24) is 10.1 Å². The van der Waals surface area contributed by atoms with Crippen molar-refractivity contribution in [3.05, 3.63) is 34.6 Å². The Balaban J connectivity index is 2.28. The van der Waals surface area contributed by atoms with Crippen molar-refractivity contribution in [1.29, 1.82) is 0 Å². The standard InChI is InChI=1S/C10H10BrN3O2/c11-7-3-1-6(2-4-7)10-13-9(14-16-10)8(12)5-15/h1-4,8,15H,5,12H2. The topological polar surface area (TPSA) is 85.2 Å². The van der Waals surface area contributed by atoms with E-state index in [1.807, 2.05) is 24.3 Å². The predicted molar refractivity (Wildman–Crippen MR) is 61.4 cm³/mol. The summed E-state index contributed by atoms with van der Waals surface area (Å²) in [5.41, 5.74) is 6.38. The van der Waals surface area contributed by atoms with E-state index in [1.165, 1.54) is 0 Å². The van der Waals surface area contributed by atoms with Gasteiger partial charge in [-0.05, 0) is 24.3 Å². The van der Waals surface area contributed by atoms with Crippen LogP contribution in [0.4, 0.5) is 0 Å². The second-order valence-corrected chi connectivity index (χ2v) is 4.17. The smallest absolute Gasteiger partial charge is 0.257 e. The van der Waals surface area contributed by atoms with E-state index < -0.39 is 6.04 Å². The van der Waals surface area contributed by atoms with Gasteiger partial charge in [0.05, 0.1) is 12.6 Å². The first kappa shape index (κ1) is 11.3. The van der Waals surface area contributed by atoms with Crippen LogP contribution in [0.3, 0.4) is 0 Å². The fraction of sp³-hybridized carbons (Fsp3) is 0.200. The van der Waals surface area contributed by atoms with E-state index in [0.29, 0.717) is 11.7 Å². The number of benzene rings is 1. The van der Waals surface area contributed by atoms with Gasteiger partial charge in [0.1, 0.15) is 0 Å². The molecule has 2 rings (SSSR count). The number of nitrogens with two attached hydrogens (primary N) is 1. The number of hydrogen-bond donors (Lipinski definition) is 2. The monoisotopic (exact) mass is 283 g/mol. The summed E-state index contributed by atoms with van der Waals surface area (Å²) in [5.74, 6) is 0.701. The number of aliphatic hydroxyl groups excluding tert-OH is 1. The first-order chi connectivity index (χ1) is 7.70. The molecule has 0 saturated carbocycles. The molecule has 0 radical (unpaired) electrons. The highest BCUT2D eigenvalue weighted by Crippen LogP contribution is 2.20. The molecule has 6 heteroatoms. The highest BCUT2D eigenvalue weighted by Gasteiger charge is 2.14. The van der Waals surface area contributed by atoms with Crippen LogP contribution in [0, 0.1) is 0 Å². The normalized spacial score (nSPS) is 12.7. The van der Waals surface area contributed by atoms with Gasteiger partial charge in [-0.3, -0.25) is 0 Å². The van der Waals surface area contributed by atoms with Gasteiger partial charge >= 0.3 is 0 Å². The number of nitrogens with zero attached hydrogens (tertiary/aromatic N) is 2. The number of rotatable bonds is 3. The fourth-order valence-electron chi connectivity index (χ4n) is 1.18. The minimum Gasteiger partial charge on any atom is -0.394 e. The molecule has 16 heavy (non-hydrogen) atoms. The van der Waals surface area contributed by atoms with Crippen LogP contribution in [-0.2, 0) is 0 Å². The Morgan fingerprint density at radius 2 is 2.06 bits per heavy atom. The second kappa shape index (κ2) is 4.73. The summed E-state index contributed by atoms with van der Waals surface area (Å²) < 4.78 is 6.02. The third kappa shape index (κ3) is 2.29. The van der Waals surface area contributed by atoms with Gasteiger partial charge in [-0.15, -0.1) is 0 Å². The van der Waals surface area contributed by atoms with Crippen molar-refractivity contribution in [2.45, 2.75) is 6.04 Å². The molecular weight excluding hydrogens is 274 g/mol. The van der Waals surface area contributed by atoms with Crippen molar-refractivity contribution in [3.63, 3.8) is 0 Å². The summed E-state index contributed by atoms with van der Waals surface area (Å²) in [7, 11) is 0. The van der Waals surface area contributed by atoms with E-state index in [2.05, 4.69) is 26.1 Å². The minimum atomic E-state index is -0.604. The van der Waals surface area contributed by atoms with Crippen LogP contribution in [0.1, 0.15) is 11.9 Å². The number of hydrogen-bond acceptors (Lipinski definition) is 5. The minimum absolute atomic E-state index is 0.209. The lowest BCUT2D eigenvalue weighted by molar-refractivity contribution is 0.260. The Labute approximate surface area is 100 Å². The summed E-state index contributed by atoms with van der Waals surface area (Å²) >= 11 is 3.34. The summed E-state index contributed by atoms with van der Waals surface area (Å²) in [6.45, 7) is -0.209. The maximum absolute atomic E-state index is 8.85. The van der Waals surface area contributed by atoms with E-state index in [9.17, 15) is 0 Å². The summed E-state index contributed by atoms with van der Waals surface area (Å²) in [6, 6.07) is 6.86. The van der Waals surface area contributed by atoms with E-state index in [4.69, 9.17) is 15.4 Å². The molecule has 1 unspecified atom stereocenters. The van der Waals surface area contributed by atoms with E-state index >= 15 is 0 Å². The molecule has 0 aliphatic carbocycles. The number of aromatic nitrogens is 2. The first-order valence-electron chi connectivity index (χ1n) is 4.66. The van der Waals surface area contributed by atoms with Crippen molar-refractivity contribution >= 4 is 15.9 Å². The molecule has 0 aliphatic heterocycles. The summed E-state index contributed by atoms with van der Waals surface area (Å²) in [4.78, 5) is 4.10. The molecule has 1 heterocycles. The third-order valence-corrected chi connectivity index (χ3v) is 2.59. The van der Waals surface area contributed by atoms with Gasteiger partial charge in [0, 0.05) is 10.0 Å². The molecule has 1 aromatic carbocycles. The van der Waals surface area contributed by atoms with Crippen LogP contribution in [0.25, 0.3) is 11.5 Å². The van der Waals surface area contributed by atoms with Crippen LogP contribution in [0.15, 0.2) is 33.3 Å². The van der Waals surface area contributed by atoms with Gasteiger partial charge in [0.2, 0.25) is 0 Å². The Hall–Kier alpha value is -1.24. The highest BCUT2D eigenvalue weighted by molar-refractivity contribution is 9.10. The van der Waals surface area contributed by atoms with Gasteiger partial charge in [0.15, 0.2) is 5.82 Å². The van der Waals surface area contributed by atoms with Gasteiger partial charge in [-0.1, -0.05) is 21.1 Å². The van der Waals surface area contributed by atoms with Gasteiger partial charge in [-0.2, -0.15) is 4.98 Å². The average Bonchev–Trinajstić information content (AvgIpc) is 2.78. The first-order valence-corrected chi connectivity index (χ1v) is 5.46. The molecule has 84 valence electrons. The molecule has 0 fully saturated rings.